The molecule has 1 amide bonds. The van der Waals surface area contributed by atoms with Crippen molar-refractivity contribution >= 4 is 16.8 Å². The van der Waals surface area contributed by atoms with Crippen molar-refractivity contribution in [2.45, 2.75) is 12.1 Å². The number of amides is 1. The Labute approximate surface area is 122 Å². The number of nitrogens with one attached hydrogen (secondary N) is 1. The lowest BCUT2D eigenvalue weighted by Gasteiger charge is -2.22. The summed E-state index contributed by atoms with van der Waals surface area (Å²) < 4.78 is 11.1. The minimum absolute atomic E-state index is 0.0677. The van der Waals surface area contributed by atoms with Crippen LogP contribution in [0.4, 0.5) is 0 Å². The molecule has 0 saturated carbocycles. The van der Waals surface area contributed by atoms with Crippen LogP contribution in [0.1, 0.15) is 10.4 Å². The second kappa shape index (κ2) is 4.86. The average molecular weight is 286 g/mol. The van der Waals surface area contributed by atoms with Crippen molar-refractivity contribution in [3.8, 4) is 0 Å². The molecule has 2 aromatic rings. The molecular formula is C16H18N2O3. The molecule has 2 aliphatic heterocycles. The van der Waals surface area contributed by atoms with Crippen molar-refractivity contribution in [2.75, 3.05) is 26.9 Å². The third-order valence-corrected chi connectivity index (χ3v) is 4.71. The van der Waals surface area contributed by atoms with E-state index in [4.69, 9.17) is 9.47 Å². The predicted octanol–water partition coefficient (Wildman–Crippen LogP) is 1.65. The van der Waals surface area contributed by atoms with E-state index in [0.29, 0.717) is 25.7 Å². The minimum Gasteiger partial charge on any atom is -0.379 e. The van der Waals surface area contributed by atoms with Crippen LogP contribution in [0.2, 0.25) is 0 Å². The van der Waals surface area contributed by atoms with E-state index >= 15 is 0 Å². The van der Waals surface area contributed by atoms with Gasteiger partial charge in [0.25, 0.3) is 5.91 Å². The van der Waals surface area contributed by atoms with Crippen LogP contribution >= 0.6 is 0 Å². The Hall–Kier alpha value is -1.85. The summed E-state index contributed by atoms with van der Waals surface area (Å²) in [7, 11) is 1.71. The fourth-order valence-electron chi connectivity index (χ4n) is 3.54. The molecule has 1 aromatic heterocycles. The fourth-order valence-corrected chi connectivity index (χ4v) is 3.54. The van der Waals surface area contributed by atoms with Crippen LogP contribution in [0.3, 0.4) is 0 Å². The number of fused-ring (bicyclic) bond motifs is 2. The molecule has 110 valence electrons. The van der Waals surface area contributed by atoms with Gasteiger partial charge in [0.15, 0.2) is 0 Å². The molecule has 1 aromatic carbocycles. The highest BCUT2D eigenvalue weighted by atomic mass is 16.5. The first-order chi connectivity index (χ1) is 10.3. The first-order valence-corrected chi connectivity index (χ1v) is 7.26. The lowest BCUT2D eigenvalue weighted by Crippen LogP contribution is -2.38. The lowest BCUT2D eigenvalue weighted by atomic mass is 10.0. The van der Waals surface area contributed by atoms with E-state index in [1.165, 1.54) is 0 Å². The largest absolute Gasteiger partial charge is 0.379 e. The summed E-state index contributed by atoms with van der Waals surface area (Å²) in [5.74, 6) is 0.369. The predicted molar refractivity (Wildman–Crippen MR) is 78.2 cm³/mol. The number of hydrogen-bond acceptors (Lipinski definition) is 3. The summed E-state index contributed by atoms with van der Waals surface area (Å²) in [5.41, 5.74) is 1.77. The van der Waals surface area contributed by atoms with E-state index < -0.39 is 0 Å². The van der Waals surface area contributed by atoms with E-state index in [2.05, 4.69) is 4.98 Å². The second-order valence-corrected chi connectivity index (χ2v) is 5.78. The molecule has 2 saturated heterocycles. The third-order valence-electron chi connectivity index (χ3n) is 4.71. The molecule has 0 spiro atoms. The normalized spacial score (nSPS) is 28.2. The van der Waals surface area contributed by atoms with Crippen molar-refractivity contribution in [1.29, 1.82) is 0 Å². The molecule has 3 atom stereocenters. The smallest absolute Gasteiger partial charge is 0.254 e. The first kappa shape index (κ1) is 12.9. The standard InChI is InChI=1S/C16H18N2O3/c1-20-15-7-18(14-9-21-8-12(14)15)16(19)11-2-3-13-10(6-11)4-5-17-13/h2-6,12,14-15,17H,7-9H2,1H3/t12-,14+,15-/m1/s1. The van der Waals surface area contributed by atoms with Crippen LogP contribution < -0.4 is 0 Å². The molecule has 0 bridgehead atoms. The van der Waals surface area contributed by atoms with E-state index in [1.54, 1.807) is 7.11 Å². The van der Waals surface area contributed by atoms with Crippen molar-refractivity contribution in [1.82, 2.24) is 9.88 Å². The number of aromatic amines is 1. The highest BCUT2D eigenvalue weighted by Crippen LogP contribution is 2.33. The Kier molecular flexibility index (Phi) is 2.97. The maximum Gasteiger partial charge on any atom is 0.254 e. The molecule has 0 radical (unpaired) electrons. The van der Waals surface area contributed by atoms with Crippen LogP contribution in [0, 0.1) is 5.92 Å². The Balaban J connectivity index is 1.64. The Morgan fingerprint density at radius 3 is 3.14 bits per heavy atom. The number of aromatic nitrogens is 1. The maximum atomic E-state index is 12.8. The maximum absolute atomic E-state index is 12.8. The molecular weight excluding hydrogens is 268 g/mol. The number of ether oxygens (including phenoxy) is 2. The van der Waals surface area contributed by atoms with Gasteiger partial charge in [0, 0.05) is 42.2 Å². The minimum atomic E-state index is 0.0677. The van der Waals surface area contributed by atoms with E-state index in [1.807, 2.05) is 35.4 Å². The summed E-state index contributed by atoms with van der Waals surface area (Å²) in [6.07, 6.45) is 1.97. The van der Waals surface area contributed by atoms with E-state index in [0.717, 1.165) is 16.5 Å². The summed E-state index contributed by atoms with van der Waals surface area (Å²) >= 11 is 0. The van der Waals surface area contributed by atoms with Gasteiger partial charge in [-0.1, -0.05) is 0 Å². The zero-order chi connectivity index (χ0) is 14.4. The van der Waals surface area contributed by atoms with Gasteiger partial charge in [0.2, 0.25) is 0 Å². The Bertz CT molecular complexity index is 681. The highest BCUT2D eigenvalue weighted by Gasteiger charge is 2.47. The molecule has 1 N–H and O–H groups in total. The van der Waals surface area contributed by atoms with Gasteiger partial charge in [0.1, 0.15) is 0 Å². The van der Waals surface area contributed by atoms with Crippen LogP contribution in [0.25, 0.3) is 10.9 Å². The van der Waals surface area contributed by atoms with Gasteiger partial charge < -0.3 is 19.4 Å². The van der Waals surface area contributed by atoms with Gasteiger partial charge in [0.05, 0.1) is 25.4 Å². The SMILES string of the molecule is CO[C@@H]1CN(C(=O)c2ccc3[nH]ccc3c2)[C@H]2COC[C@@H]12. The van der Waals surface area contributed by atoms with Gasteiger partial charge in [-0.05, 0) is 24.3 Å². The van der Waals surface area contributed by atoms with Crippen molar-refractivity contribution in [3.63, 3.8) is 0 Å². The lowest BCUT2D eigenvalue weighted by molar-refractivity contribution is 0.0479. The Morgan fingerprint density at radius 2 is 2.29 bits per heavy atom. The number of benzene rings is 1. The zero-order valence-electron chi connectivity index (χ0n) is 11.9. The van der Waals surface area contributed by atoms with Gasteiger partial charge in [-0.15, -0.1) is 0 Å². The summed E-state index contributed by atoms with van der Waals surface area (Å²) in [6, 6.07) is 7.90. The Morgan fingerprint density at radius 1 is 1.38 bits per heavy atom. The van der Waals surface area contributed by atoms with Crippen LogP contribution in [0.15, 0.2) is 30.5 Å². The quantitative estimate of drug-likeness (QED) is 0.913. The van der Waals surface area contributed by atoms with Crippen LogP contribution in [0.5, 0.6) is 0 Å². The first-order valence-electron chi connectivity index (χ1n) is 7.26. The number of hydrogen-bond donors (Lipinski definition) is 1. The van der Waals surface area contributed by atoms with Gasteiger partial charge in [-0.2, -0.15) is 0 Å². The number of carbonyl (C=O) groups is 1. The van der Waals surface area contributed by atoms with Crippen molar-refractivity contribution in [2.24, 2.45) is 5.92 Å². The number of rotatable bonds is 2. The van der Waals surface area contributed by atoms with Gasteiger partial charge in [-0.25, -0.2) is 0 Å². The topological polar surface area (TPSA) is 54.6 Å². The summed E-state index contributed by atoms with van der Waals surface area (Å²) in [5, 5.41) is 1.06. The molecule has 0 aliphatic carbocycles. The van der Waals surface area contributed by atoms with Crippen molar-refractivity contribution in [3.05, 3.63) is 36.0 Å². The number of carbonyl (C=O) groups excluding carboxylic acids is 1. The summed E-state index contributed by atoms with van der Waals surface area (Å²) in [6.45, 7) is 1.95. The zero-order valence-corrected chi connectivity index (χ0v) is 11.9. The molecule has 3 heterocycles. The molecule has 5 nitrogen and oxygen atoms in total. The average Bonchev–Trinajstić information content (AvgIpc) is 3.21. The van der Waals surface area contributed by atoms with Crippen molar-refractivity contribution < 1.29 is 14.3 Å². The molecule has 21 heavy (non-hydrogen) atoms. The summed E-state index contributed by atoms with van der Waals surface area (Å²) in [4.78, 5) is 17.9. The van der Waals surface area contributed by atoms with E-state index in [9.17, 15) is 4.79 Å². The van der Waals surface area contributed by atoms with Gasteiger partial charge in [-0.3, -0.25) is 4.79 Å². The molecule has 5 heteroatoms. The number of likely N-dealkylation sites (tertiary alicyclic amines) is 1. The number of H-pyrrole nitrogens is 1. The fraction of sp³-hybridized carbons (Fsp3) is 0.438. The van der Waals surface area contributed by atoms with E-state index in [-0.39, 0.29) is 18.1 Å². The number of nitrogens with zero attached hydrogens (tertiary/aromatic N) is 1. The molecule has 0 unspecified atom stereocenters. The molecule has 4 rings (SSSR count). The molecule has 2 fully saturated rings. The second-order valence-electron chi connectivity index (χ2n) is 5.78. The monoisotopic (exact) mass is 286 g/mol. The number of methoxy groups -OCH3 is 1. The molecule has 2 aliphatic rings. The van der Waals surface area contributed by atoms with Gasteiger partial charge >= 0.3 is 0 Å². The van der Waals surface area contributed by atoms with Crippen LogP contribution in [-0.2, 0) is 9.47 Å². The highest BCUT2D eigenvalue weighted by molar-refractivity contribution is 5.98. The third kappa shape index (κ3) is 1.96. The van der Waals surface area contributed by atoms with Crippen LogP contribution in [-0.4, -0.2) is 54.8 Å².